The number of nitrogens with one attached hydrogen (secondary N) is 1. The molecule has 0 bridgehead atoms. The normalized spacial score (nSPS) is 12.4. The monoisotopic (exact) mass is 245 g/mol. The van der Waals surface area contributed by atoms with Gasteiger partial charge in [-0.1, -0.05) is 6.92 Å². The van der Waals surface area contributed by atoms with Gasteiger partial charge in [-0.15, -0.1) is 0 Å². The Morgan fingerprint density at radius 2 is 2.11 bits per heavy atom. The molecule has 0 fully saturated rings. The van der Waals surface area contributed by atoms with Gasteiger partial charge in [0.1, 0.15) is 5.82 Å². The molecule has 0 aliphatic rings. The topological polar surface area (TPSA) is 37.8 Å². The van der Waals surface area contributed by atoms with Crippen molar-refractivity contribution in [1.29, 1.82) is 0 Å². The van der Waals surface area contributed by atoms with E-state index in [4.69, 9.17) is 0 Å². The average molecular weight is 245 g/mol. The van der Waals surface area contributed by atoms with Gasteiger partial charge in [-0.2, -0.15) is 0 Å². The third-order valence-corrected chi connectivity index (χ3v) is 2.98. The number of hydrogen-bond donors (Lipinski definition) is 1. The third kappa shape index (κ3) is 2.54. The van der Waals surface area contributed by atoms with Crippen molar-refractivity contribution in [3.8, 4) is 0 Å². The second-order valence-electron chi connectivity index (χ2n) is 4.09. The van der Waals surface area contributed by atoms with E-state index >= 15 is 0 Å². The molecule has 0 saturated heterocycles. The summed E-state index contributed by atoms with van der Waals surface area (Å²) in [5, 5.41) is 3.20. The first-order valence-corrected chi connectivity index (χ1v) is 5.96. The predicted molar refractivity (Wildman–Crippen MR) is 68.7 cm³/mol. The minimum Gasteiger partial charge on any atom is -0.309 e. The fraction of sp³-hybridized carbons (Fsp3) is 0.286. The van der Waals surface area contributed by atoms with Gasteiger partial charge in [0, 0.05) is 18.6 Å². The number of nitrogens with zero attached hydrogens (tertiary/aromatic N) is 2. The highest BCUT2D eigenvalue weighted by Crippen LogP contribution is 2.24. The number of rotatable bonds is 4. The highest BCUT2D eigenvalue weighted by atomic mass is 19.1. The molecule has 0 saturated carbocycles. The first kappa shape index (κ1) is 12.6. The largest absolute Gasteiger partial charge is 0.309 e. The van der Waals surface area contributed by atoms with Crippen molar-refractivity contribution in [3.63, 3.8) is 0 Å². The Hall–Kier alpha value is -1.81. The maximum atomic E-state index is 13.3. The maximum Gasteiger partial charge on any atom is 0.141 e. The summed E-state index contributed by atoms with van der Waals surface area (Å²) in [4.78, 5) is 8.03. The van der Waals surface area contributed by atoms with Crippen LogP contribution in [0.5, 0.6) is 0 Å². The molecule has 94 valence electrons. The van der Waals surface area contributed by atoms with E-state index in [-0.39, 0.29) is 11.9 Å². The summed E-state index contributed by atoms with van der Waals surface area (Å²) in [6.45, 7) is 2.08. The van der Waals surface area contributed by atoms with Gasteiger partial charge in [0.25, 0.3) is 0 Å². The molecule has 0 spiro atoms. The van der Waals surface area contributed by atoms with Crippen LogP contribution < -0.4 is 5.32 Å². The van der Waals surface area contributed by atoms with Gasteiger partial charge in [0.2, 0.25) is 0 Å². The quantitative estimate of drug-likeness (QED) is 0.899. The highest BCUT2D eigenvalue weighted by molar-refractivity contribution is 5.34. The summed E-state index contributed by atoms with van der Waals surface area (Å²) in [7, 11) is 1.86. The maximum absolute atomic E-state index is 13.3. The molecule has 2 heterocycles. The summed E-state index contributed by atoms with van der Waals surface area (Å²) in [6.07, 6.45) is 7.40. The van der Waals surface area contributed by atoms with Gasteiger partial charge < -0.3 is 5.32 Å². The minimum absolute atomic E-state index is 0.0638. The number of aromatic nitrogens is 2. The second-order valence-corrected chi connectivity index (χ2v) is 4.09. The highest BCUT2D eigenvalue weighted by Gasteiger charge is 2.15. The first-order valence-electron chi connectivity index (χ1n) is 5.96. The third-order valence-electron chi connectivity index (χ3n) is 2.98. The Morgan fingerprint density at radius 3 is 2.78 bits per heavy atom. The van der Waals surface area contributed by atoms with Gasteiger partial charge in [0.15, 0.2) is 0 Å². The Balaban J connectivity index is 2.45. The molecule has 0 aromatic carbocycles. The lowest BCUT2D eigenvalue weighted by Gasteiger charge is -2.19. The van der Waals surface area contributed by atoms with Crippen LogP contribution in [0.2, 0.25) is 0 Å². The molecular weight excluding hydrogens is 229 g/mol. The molecule has 3 nitrogen and oxygen atoms in total. The van der Waals surface area contributed by atoms with Crippen LogP contribution >= 0.6 is 0 Å². The fourth-order valence-electron chi connectivity index (χ4n) is 2.10. The van der Waals surface area contributed by atoms with Gasteiger partial charge in [0.05, 0.1) is 12.2 Å². The van der Waals surface area contributed by atoms with Crippen molar-refractivity contribution in [1.82, 2.24) is 15.3 Å². The molecule has 0 amide bonds. The van der Waals surface area contributed by atoms with Crippen molar-refractivity contribution in [3.05, 3.63) is 59.4 Å². The standard InChI is InChI=1S/C14H16FN3/c1-3-10-7-17-5-4-13(10)14(16-2)11-6-12(15)9-18-8-11/h4-9,14,16H,3H2,1-2H3. The van der Waals surface area contributed by atoms with E-state index in [1.54, 1.807) is 12.4 Å². The van der Waals surface area contributed by atoms with Gasteiger partial charge >= 0.3 is 0 Å². The van der Waals surface area contributed by atoms with Crippen molar-refractivity contribution < 1.29 is 4.39 Å². The van der Waals surface area contributed by atoms with Crippen LogP contribution in [0.15, 0.2) is 36.9 Å². The summed E-state index contributed by atoms with van der Waals surface area (Å²) in [6, 6.07) is 3.41. The molecule has 4 heteroatoms. The predicted octanol–water partition coefficient (Wildman–Crippen LogP) is 2.49. The van der Waals surface area contributed by atoms with Crippen molar-refractivity contribution in [2.24, 2.45) is 0 Å². The molecule has 1 N–H and O–H groups in total. The smallest absolute Gasteiger partial charge is 0.141 e. The van der Waals surface area contributed by atoms with Crippen LogP contribution in [-0.2, 0) is 6.42 Å². The lowest BCUT2D eigenvalue weighted by Crippen LogP contribution is -2.19. The van der Waals surface area contributed by atoms with E-state index in [1.807, 2.05) is 19.3 Å². The molecule has 2 aromatic rings. The zero-order chi connectivity index (χ0) is 13.0. The fourth-order valence-corrected chi connectivity index (χ4v) is 2.10. The van der Waals surface area contributed by atoms with Crippen molar-refractivity contribution >= 4 is 0 Å². The molecule has 2 rings (SSSR count). The Bertz CT molecular complexity index is 528. The zero-order valence-corrected chi connectivity index (χ0v) is 10.5. The van der Waals surface area contributed by atoms with Gasteiger partial charge in [-0.3, -0.25) is 9.97 Å². The summed E-state index contributed by atoms with van der Waals surface area (Å²) in [5.41, 5.74) is 3.09. The first-order chi connectivity index (χ1) is 8.76. The summed E-state index contributed by atoms with van der Waals surface area (Å²) >= 11 is 0. The van der Waals surface area contributed by atoms with Crippen LogP contribution in [0.3, 0.4) is 0 Å². The summed E-state index contributed by atoms with van der Waals surface area (Å²) < 4.78 is 13.3. The molecule has 18 heavy (non-hydrogen) atoms. The van der Waals surface area contributed by atoms with Crippen LogP contribution in [0.1, 0.15) is 29.7 Å². The SMILES string of the molecule is CCc1cnccc1C(NC)c1cncc(F)c1. The van der Waals surface area contributed by atoms with Crippen LogP contribution in [0.25, 0.3) is 0 Å². The van der Waals surface area contributed by atoms with Crippen LogP contribution in [0.4, 0.5) is 4.39 Å². The Labute approximate surface area is 106 Å². The van der Waals surface area contributed by atoms with E-state index in [2.05, 4.69) is 22.2 Å². The lowest BCUT2D eigenvalue weighted by molar-refractivity contribution is 0.607. The van der Waals surface area contributed by atoms with E-state index in [0.717, 1.165) is 23.1 Å². The van der Waals surface area contributed by atoms with E-state index in [0.29, 0.717) is 0 Å². The Kier molecular flexibility index (Phi) is 3.99. The van der Waals surface area contributed by atoms with Gasteiger partial charge in [-0.05, 0) is 42.3 Å². The molecule has 1 unspecified atom stereocenters. The number of pyridine rings is 2. The molecule has 0 radical (unpaired) electrons. The average Bonchev–Trinajstić information content (AvgIpc) is 2.40. The number of halogens is 1. The number of hydrogen-bond acceptors (Lipinski definition) is 3. The summed E-state index contributed by atoms with van der Waals surface area (Å²) in [5.74, 6) is -0.320. The second kappa shape index (κ2) is 5.69. The molecule has 2 aromatic heterocycles. The molecule has 0 aliphatic carbocycles. The van der Waals surface area contributed by atoms with Crippen LogP contribution in [0, 0.1) is 5.82 Å². The van der Waals surface area contributed by atoms with Crippen LogP contribution in [-0.4, -0.2) is 17.0 Å². The number of aryl methyl sites for hydroxylation is 1. The van der Waals surface area contributed by atoms with Gasteiger partial charge in [-0.25, -0.2) is 4.39 Å². The zero-order valence-electron chi connectivity index (χ0n) is 10.5. The lowest BCUT2D eigenvalue weighted by atomic mass is 9.96. The molecular formula is C14H16FN3. The van der Waals surface area contributed by atoms with E-state index < -0.39 is 0 Å². The van der Waals surface area contributed by atoms with E-state index in [9.17, 15) is 4.39 Å². The Morgan fingerprint density at radius 1 is 1.28 bits per heavy atom. The molecule has 0 aliphatic heterocycles. The minimum atomic E-state index is -0.320. The van der Waals surface area contributed by atoms with Crippen molar-refractivity contribution in [2.45, 2.75) is 19.4 Å². The van der Waals surface area contributed by atoms with E-state index in [1.165, 1.54) is 12.3 Å². The van der Waals surface area contributed by atoms with Crippen molar-refractivity contribution in [2.75, 3.05) is 7.05 Å². The molecule has 1 atom stereocenters.